The highest BCUT2D eigenvalue weighted by atomic mass is 32.1. The van der Waals surface area contributed by atoms with Crippen molar-refractivity contribution in [3.8, 4) is 5.75 Å². The van der Waals surface area contributed by atoms with E-state index in [9.17, 15) is 9.59 Å². The number of allylic oxidation sites excluding steroid dienone is 1. The standard InChI is InChI=1S/C28H27N5O3S/c1-16-8-6-7-9-22(16)30-26(34)24-18(3)29-28-33(25(24)19-10-12-21(36-5)13-11-19)27(35)23(37-28)14-20-15-32(4)31-17(20)2/h6-15,25H,1-5H3,(H,30,34)/t25-/m1/s1. The Morgan fingerprint density at radius 3 is 2.49 bits per heavy atom. The summed E-state index contributed by atoms with van der Waals surface area (Å²) in [7, 11) is 3.45. The second-order valence-electron chi connectivity index (χ2n) is 8.97. The van der Waals surface area contributed by atoms with Crippen molar-refractivity contribution in [1.29, 1.82) is 0 Å². The van der Waals surface area contributed by atoms with Gasteiger partial charge in [-0.3, -0.25) is 18.8 Å². The number of nitrogens with one attached hydrogen (secondary N) is 1. The maximum absolute atomic E-state index is 13.8. The lowest BCUT2D eigenvalue weighted by atomic mass is 9.95. The number of amides is 1. The average molecular weight is 514 g/mol. The average Bonchev–Trinajstić information content (AvgIpc) is 3.36. The summed E-state index contributed by atoms with van der Waals surface area (Å²) in [5.41, 5.74) is 4.92. The van der Waals surface area contributed by atoms with Gasteiger partial charge in [-0.25, -0.2) is 4.99 Å². The van der Waals surface area contributed by atoms with Crippen LogP contribution in [0.25, 0.3) is 6.08 Å². The number of methoxy groups -OCH3 is 1. The molecule has 9 heteroatoms. The van der Waals surface area contributed by atoms with E-state index in [0.29, 0.717) is 32.0 Å². The van der Waals surface area contributed by atoms with Crippen molar-refractivity contribution in [3.63, 3.8) is 0 Å². The van der Waals surface area contributed by atoms with Crippen LogP contribution in [0.4, 0.5) is 5.69 Å². The lowest BCUT2D eigenvalue weighted by Gasteiger charge is -2.25. The number of thiazole rings is 1. The number of nitrogens with zero attached hydrogens (tertiary/aromatic N) is 4. The number of anilines is 1. The molecule has 1 amide bonds. The Labute approximate surface area is 217 Å². The molecule has 2 aromatic carbocycles. The van der Waals surface area contributed by atoms with Gasteiger partial charge in [0.05, 0.1) is 34.6 Å². The molecule has 37 heavy (non-hydrogen) atoms. The molecule has 5 rings (SSSR count). The molecule has 0 spiro atoms. The summed E-state index contributed by atoms with van der Waals surface area (Å²) in [6.45, 7) is 5.65. The van der Waals surface area contributed by atoms with Crippen LogP contribution in [-0.4, -0.2) is 27.4 Å². The van der Waals surface area contributed by atoms with E-state index in [1.807, 2.05) is 88.6 Å². The third kappa shape index (κ3) is 4.53. The number of hydrogen-bond acceptors (Lipinski definition) is 6. The normalized spacial score (nSPS) is 15.4. The maximum Gasteiger partial charge on any atom is 0.271 e. The number of para-hydroxylation sites is 1. The second kappa shape index (κ2) is 9.67. The summed E-state index contributed by atoms with van der Waals surface area (Å²) in [6, 6.07) is 14.4. The minimum absolute atomic E-state index is 0.207. The third-order valence-corrected chi connectivity index (χ3v) is 7.41. The molecule has 0 bridgehead atoms. The summed E-state index contributed by atoms with van der Waals surface area (Å²) in [5.74, 6) is 0.392. The number of benzene rings is 2. The van der Waals surface area contributed by atoms with Gasteiger partial charge in [-0.1, -0.05) is 41.7 Å². The van der Waals surface area contributed by atoms with Gasteiger partial charge >= 0.3 is 0 Å². The van der Waals surface area contributed by atoms with Gasteiger partial charge in [0.15, 0.2) is 4.80 Å². The van der Waals surface area contributed by atoms with Gasteiger partial charge in [0.2, 0.25) is 0 Å². The molecule has 0 unspecified atom stereocenters. The molecule has 4 aromatic rings. The van der Waals surface area contributed by atoms with Crippen molar-refractivity contribution in [1.82, 2.24) is 14.3 Å². The third-order valence-electron chi connectivity index (χ3n) is 6.43. The smallest absolute Gasteiger partial charge is 0.271 e. The first kappa shape index (κ1) is 24.5. The van der Waals surface area contributed by atoms with E-state index in [1.54, 1.807) is 16.4 Å². The molecule has 1 aliphatic rings. The summed E-state index contributed by atoms with van der Waals surface area (Å²) < 4.78 is 9.19. The molecule has 8 nitrogen and oxygen atoms in total. The maximum atomic E-state index is 13.8. The molecule has 2 aromatic heterocycles. The van der Waals surface area contributed by atoms with Crippen LogP contribution in [0.2, 0.25) is 0 Å². The van der Waals surface area contributed by atoms with Gasteiger partial charge in [-0.2, -0.15) is 5.10 Å². The Morgan fingerprint density at radius 1 is 1.11 bits per heavy atom. The van der Waals surface area contributed by atoms with Gasteiger partial charge in [-0.15, -0.1) is 0 Å². The SMILES string of the molecule is COc1ccc([C@@H]2C(C(=O)Nc3ccccc3C)=C(C)N=c3sc(=Cc4cn(C)nc4C)c(=O)n32)cc1. The highest BCUT2D eigenvalue weighted by Crippen LogP contribution is 2.32. The topological polar surface area (TPSA) is 90.5 Å². The minimum atomic E-state index is -0.650. The van der Waals surface area contributed by atoms with Gasteiger partial charge in [0.25, 0.3) is 11.5 Å². The molecule has 0 fully saturated rings. The number of aromatic nitrogens is 3. The van der Waals surface area contributed by atoms with E-state index in [4.69, 9.17) is 9.73 Å². The fraction of sp³-hybridized carbons (Fsp3) is 0.214. The van der Waals surface area contributed by atoms with E-state index < -0.39 is 6.04 Å². The van der Waals surface area contributed by atoms with Crippen molar-refractivity contribution in [2.45, 2.75) is 26.8 Å². The van der Waals surface area contributed by atoms with Crippen LogP contribution >= 0.6 is 11.3 Å². The molecule has 0 saturated carbocycles. The molecule has 1 N–H and O–H groups in total. The van der Waals surface area contributed by atoms with E-state index in [2.05, 4.69) is 10.4 Å². The molecule has 1 aliphatic heterocycles. The number of rotatable bonds is 5. The zero-order valence-corrected chi connectivity index (χ0v) is 22.1. The van der Waals surface area contributed by atoms with Crippen LogP contribution in [0, 0.1) is 13.8 Å². The first-order valence-electron chi connectivity index (χ1n) is 11.8. The summed E-state index contributed by atoms with van der Waals surface area (Å²) >= 11 is 1.31. The lowest BCUT2D eigenvalue weighted by Crippen LogP contribution is -2.40. The highest BCUT2D eigenvalue weighted by molar-refractivity contribution is 7.07. The molecule has 0 radical (unpaired) electrons. The molecule has 1 atom stereocenters. The monoisotopic (exact) mass is 513 g/mol. The van der Waals surface area contributed by atoms with Crippen LogP contribution in [0.5, 0.6) is 5.75 Å². The van der Waals surface area contributed by atoms with Crippen molar-refractivity contribution < 1.29 is 9.53 Å². The van der Waals surface area contributed by atoms with Crippen molar-refractivity contribution >= 4 is 29.0 Å². The van der Waals surface area contributed by atoms with E-state index in [0.717, 1.165) is 22.4 Å². The zero-order chi connectivity index (χ0) is 26.3. The number of ether oxygens (including phenoxy) is 1. The van der Waals surface area contributed by atoms with E-state index in [1.165, 1.54) is 11.3 Å². The van der Waals surface area contributed by atoms with Crippen molar-refractivity contribution in [3.05, 3.63) is 108 Å². The van der Waals surface area contributed by atoms with E-state index in [-0.39, 0.29) is 11.5 Å². The summed E-state index contributed by atoms with van der Waals surface area (Å²) in [5, 5.41) is 7.40. The van der Waals surface area contributed by atoms with Gasteiger partial charge in [0.1, 0.15) is 5.75 Å². The fourth-order valence-corrected chi connectivity index (χ4v) is 5.55. The Hall–Kier alpha value is -4.24. The predicted octanol–water partition coefficient (Wildman–Crippen LogP) is 3.23. The lowest BCUT2D eigenvalue weighted by molar-refractivity contribution is -0.113. The van der Waals surface area contributed by atoms with Crippen LogP contribution in [0.3, 0.4) is 0 Å². The van der Waals surface area contributed by atoms with Crippen LogP contribution in [0.15, 0.2) is 75.8 Å². The number of carbonyl (C=O) groups excluding carboxylic acids is 1. The van der Waals surface area contributed by atoms with Crippen LogP contribution in [0.1, 0.15) is 35.3 Å². The highest BCUT2D eigenvalue weighted by Gasteiger charge is 2.32. The Kier molecular flexibility index (Phi) is 6.39. The summed E-state index contributed by atoms with van der Waals surface area (Å²) in [6.07, 6.45) is 3.71. The zero-order valence-electron chi connectivity index (χ0n) is 21.3. The number of carbonyl (C=O) groups is 1. The van der Waals surface area contributed by atoms with Crippen LogP contribution < -0.4 is 24.9 Å². The summed E-state index contributed by atoms with van der Waals surface area (Å²) in [4.78, 5) is 32.8. The Bertz CT molecular complexity index is 1720. The van der Waals surface area contributed by atoms with Gasteiger partial charge in [0, 0.05) is 24.5 Å². The molecule has 188 valence electrons. The van der Waals surface area contributed by atoms with Crippen LogP contribution in [-0.2, 0) is 11.8 Å². The van der Waals surface area contributed by atoms with E-state index >= 15 is 0 Å². The first-order chi connectivity index (χ1) is 17.8. The molecule has 3 heterocycles. The fourth-order valence-electron chi connectivity index (χ4n) is 4.52. The van der Waals surface area contributed by atoms with Gasteiger partial charge < -0.3 is 10.1 Å². The molecule has 0 aliphatic carbocycles. The quantitative estimate of drug-likeness (QED) is 0.444. The number of aryl methyl sites for hydroxylation is 3. The number of fused-ring (bicyclic) bond motifs is 1. The van der Waals surface area contributed by atoms with Gasteiger partial charge in [-0.05, 0) is 56.2 Å². The molecular weight excluding hydrogens is 486 g/mol. The molecule has 0 saturated heterocycles. The molecular formula is C28H27N5O3S. The van der Waals surface area contributed by atoms with Crippen molar-refractivity contribution in [2.24, 2.45) is 12.0 Å². The second-order valence-corrected chi connectivity index (χ2v) is 9.98. The van der Waals surface area contributed by atoms with Crippen molar-refractivity contribution in [2.75, 3.05) is 12.4 Å². The number of hydrogen-bond donors (Lipinski definition) is 1. The largest absolute Gasteiger partial charge is 0.497 e. The first-order valence-corrected chi connectivity index (χ1v) is 12.6. The predicted molar refractivity (Wildman–Crippen MR) is 145 cm³/mol. The minimum Gasteiger partial charge on any atom is -0.497 e. The Balaban J connectivity index is 1.68. The Morgan fingerprint density at radius 2 is 1.84 bits per heavy atom.